The van der Waals surface area contributed by atoms with Gasteiger partial charge in [0.2, 0.25) is 5.91 Å². The molecule has 2 aliphatic rings. The molecule has 1 fully saturated rings. The minimum absolute atomic E-state index is 0.0377. The SMILES string of the molecule is CC(=O)Nc1cc(OC2CCC3C(C2)N=C(Nc2cnccc2Oc2ccccc2)N3C)ccn1. The fourth-order valence-electron chi connectivity index (χ4n) is 4.54. The van der Waals surface area contributed by atoms with E-state index >= 15 is 0 Å². The van der Waals surface area contributed by atoms with Gasteiger partial charge in [0, 0.05) is 44.9 Å². The molecule has 0 spiro atoms. The van der Waals surface area contributed by atoms with Gasteiger partial charge in [-0.2, -0.15) is 0 Å². The van der Waals surface area contributed by atoms with Crippen LogP contribution in [0.5, 0.6) is 17.2 Å². The normalized spacial score (nSPS) is 21.0. The maximum Gasteiger partial charge on any atom is 0.222 e. The number of carbonyl (C=O) groups excluding carboxylic acids is 1. The van der Waals surface area contributed by atoms with Crippen molar-refractivity contribution in [3.63, 3.8) is 0 Å². The van der Waals surface area contributed by atoms with Crippen molar-refractivity contribution in [2.45, 2.75) is 44.4 Å². The first-order valence-corrected chi connectivity index (χ1v) is 11.7. The number of likely N-dealkylation sites (N-methyl/N-ethyl adjacent to an activating group) is 1. The van der Waals surface area contributed by atoms with Crippen LogP contribution in [0.25, 0.3) is 0 Å². The number of nitrogens with zero attached hydrogens (tertiary/aromatic N) is 4. The zero-order valence-corrected chi connectivity index (χ0v) is 19.7. The second-order valence-corrected chi connectivity index (χ2v) is 8.72. The van der Waals surface area contributed by atoms with E-state index < -0.39 is 0 Å². The summed E-state index contributed by atoms with van der Waals surface area (Å²) in [6.07, 6.45) is 7.82. The first-order chi connectivity index (χ1) is 17.0. The monoisotopic (exact) mass is 472 g/mol. The number of guanidine groups is 1. The Kier molecular flexibility index (Phi) is 6.47. The van der Waals surface area contributed by atoms with Crippen LogP contribution in [0.1, 0.15) is 26.2 Å². The molecule has 9 heteroatoms. The Morgan fingerprint density at radius 1 is 1.09 bits per heavy atom. The summed E-state index contributed by atoms with van der Waals surface area (Å²) in [7, 11) is 2.06. The van der Waals surface area contributed by atoms with Gasteiger partial charge in [-0.25, -0.2) is 9.98 Å². The Morgan fingerprint density at radius 3 is 2.77 bits per heavy atom. The topological polar surface area (TPSA) is 101 Å². The molecule has 5 rings (SSSR count). The lowest BCUT2D eigenvalue weighted by Crippen LogP contribution is -2.44. The molecule has 2 aromatic heterocycles. The quantitative estimate of drug-likeness (QED) is 0.551. The average molecular weight is 473 g/mol. The molecule has 35 heavy (non-hydrogen) atoms. The second-order valence-electron chi connectivity index (χ2n) is 8.72. The number of nitrogens with one attached hydrogen (secondary N) is 2. The van der Waals surface area contributed by atoms with Crippen molar-refractivity contribution in [2.75, 3.05) is 17.7 Å². The van der Waals surface area contributed by atoms with Crippen molar-refractivity contribution >= 4 is 23.4 Å². The number of amides is 1. The summed E-state index contributed by atoms with van der Waals surface area (Å²) >= 11 is 0. The second kappa shape index (κ2) is 10.0. The summed E-state index contributed by atoms with van der Waals surface area (Å²) in [5.74, 6) is 3.26. The largest absolute Gasteiger partial charge is 0.490 e. The molecule has 9 nitrogen and oxygen atoms in total. The summed E-state index contributed by atoms with van der Waals surface area (Å²) in [4.78, 5) is 26.9. The summed E-state index contributed by atoms with van der Waals surface area (Å²) < 4.78 is 12.3. The third-order valence-electron chi connectivity index (χ3n) is 6.19. The number of fused-ring (bicyclic) bond motifs is 1. The van der Waals surface area contributed by atoms with E-state index in [2.05, 4.69) is 32.5 Å². The highest BCUT2D eigenvalue weighted by Gasteiger charge is 2.40. The van der Waals surface area contributed by atoms with E-state index in [4.69, 9.17) is 14.5 Å². The lowest BCUT2D eigenvalue weighted by Gasteiger charge is -2.34. The van der Waals surface area contributed by atoms with Crippen molar-refractivity contribution < 1.29 is 14.3 Å². The van der Waals surface area contributed by atoms with Crippen LogP contribution in [-0.4, -0.2) is 52.0 Å². The van der Waals surface area contributed by atoms with Gasteiger partial charge in [-0.1, -0.05) is 18.2 Å². The number of hydrogen-bond donors (Lipinski definition) is 2. The summed E-state index contributed by atoms with van der Waals surface area (Å²) in [5, 5.41) is 6.12. The number of rotatable bonds is 6. The molecule has 1 aliphatic carbocycles. The average Bonchev–Trinajstić information content (AvgIpc) is 3.15. The number of carbonyl (C=O) groups is 1. The summed E-state index contributed by atoms with van der Waals surface area (Å²) in [5.41, 5.74) is 0.760. The number of pyridine rings is 2. The molecule has 1 saturated carbocycles. The smallest absolute Gasteiger partial charge is 0.222 e. The first kappa shape index (κ1) is 22.6. The molecule has 3 atom stereocenters. The number of aromatic nitrogens is 2. The van der Waals surface area contributed by atoms with E-state index in [1.807, 2.05) is 42.5 Å². The number of benzene rings is 1. The molecule has 180 valence electrons. The molecular weight excluding hydrogens is 444 g/mol. The van der Waals surface area contributed by atoms with Crippen molar-refractivity contribution in [1.82, 2.24) is 14.9 Å². The Bertz CT molecular complexity index is 1220. The third kappa shape index (κ3) is 5.34. The Labute approximate surface area is 204 Å². The number of aliphatic imine (C=N–C) groups is 1. The number of hydrogen-bond acceptors (Lipinski definition) is 8. The molecule has 0 bridgehead atoms. The molecular formula is C26H28N6O3. The Morgan fingerprint density at radius 2 is 1.94 bits per heavy atom. The van der Waals surface area contributed by atoms with Crippen LogP contribution in [0.4, 0.5) is 11.5 Å². The fourth-order valence-corrected chi connectivity index (χ4v) is 4.54. The van der Waals surface area contributed by atoms with E-state index in [1.165, 1.54) is 6.92 Å². The highest BCUT2D eigenvalue weighted by atomic mass is 16.5. The summed E-state index contributed by atoms with van der Waals surface area (Å²) in [6, 6.07) is 15.5. The molecule has 3 unspecified atom stereocenters. The van der Waals surface area contributed by atoms with E-state index in [1.54, 1.807) is 24.7 Å². The van der Waals surface area contributed by atoms with Crippen molar-refractivity contribution in [3.8, 4) is 17.2 Å². The molecule has 3 heterocycles. The van der Waals surface area contributed by atoms with E-state index in [-0.39, 0.29) is 18.1 Å². The minimum atomic E-state index is -0.163. The van der Waals surface area contributed by atoms with Gasteiger partial charge in [-0.3, -0.25) is 9.78 Å². The standard InChI is InChI=1S/C26H28N6O3/c1-17(33)29-25-15-20(10-13-28-25)34-19-8-9-23-21(14-19)30-26(32(23)2)31-22-16-27-12-11-24(22)35-18-6-4-3-5-7-18/h3-7,10-13,15-16,19,21,23H,8-9,14H2,1-2H3,(H,30,31)(H,28,29,33). The number of ether oxygens (including phenoxy) is 2. The highest BCUT2D eigenvalue weighted by Crippen LogP contribution is 2.34. The lowest BCUT2D eigenvalue weighted by molar-refractivity contribution is -0.114. The zero-order valence-electron chi connectivity index (χ0n) is 19.7. The van der Waals surface area contributed by atoms with Gasteiger partial charge in [0.25, 0.3) is 0 Å². The van der Waals surface area contributed by atoms with Gasteiger partial charge >= 0.3 is 0 Å². The van der Waals surface area contributed by atoms with E-state index in [0.29, 0.717) is 23.4 Å². The van der Waals surface area contributed by atoms with Crippen LogP contribution in [0.2, 0.25) is 0 Å². The molecule has 1 amide bonds. The van der Waals surface area contributed by atoms with Crippen LogP contribution >= 0.6 is 0 Å². The Hall–Kier alpha value is -4.14. The van der Waals surface area contributed by atoms with Gasteiger partial charge in [-0.05, 0) is 31.0 Å². The van der Waals surface area contributed by atoms with Gasteiger partial charge in [0.1, 0.15) is 29.1 Å². The van der Waals surface area contributed by atoms with Crippen molar-refractivity contribution in [1.29, 1.82) is 0 Å². The molecule has 3 aromatic rings. The predicted octanol–water partition coefficient (Wildman–Crippen LogP) is 4.31. The molecule has 1 aromatic carbocycles. The van der Waals surface area contributed by atoms with Gasteiger partial charge < -0.3 is 25.0 Å². The van der Waals surface area contributed by atoms with E-state index in [9.17, 15) is 4.79 Å². The number of para-hydroxylation sites is 1. The van der Waals surface area contributed by atoms with Crippen LogP contribution in [0, 0.1) is 0 Å². The van der Waals surface area contributed by atoms with Crippen LogP contribution in [-0.2, 0) is 4.79 Å². The van der Waals surface area contributed by atoms with Crippen molar-refractivity contribution in [2.24, 2.45) is 4.99 Å². The first-order valence-electron chi connectivity index (χ1n) is 11.7. The molecule has 1 aliphatic heterocycles. The minimum Gasteiger partial charge on any atom is -0.490 e. The van der Waals surface area contributed by atoms with Crippen LogP contribution in [0.3, 0.4) is 0 Å². The fraction of sp³-hybridized carbons (Fsp3) is 0.308. The van der Waals surface area contributed by atoms with Gasteiger partial charge in [-0.15, -0.1) is 0 Å². The maximum atomic E-state index is 11.3. The zero-order chi connectivity index (χ0) is 24.2. The third-order valence-corrected chi connectivity index (χ3v) is 6.19. The van der Waals surface area contributed by atoms with Gasteiger partial charge in [0.15, 0.2) is 11.7 Å². The van der Waals surface area contributed by atoms with Crippen molar-refractivity contribution in [3.05, 3.63) is 67.1 Å². The Balaban J connectivity index is 1.26. The highest BCUT2D eigenvalue weighted by molar-refractivity contribution is 5.96. The molecule has 0 saturated heterocycles. The maximum absolute atomic E-state index is 11.3. The molecule has 0 radical (unpaired) electrons. The van der Waals surface area contributed by atoms with Crippen LogP contribution in [0.15, 0.2) is 72.1 Å². The summed E-state index contributed by atoms with van der Waals surface area (Å²) in [6.45, 7) is 1.46. The number of anilines is 2. The van der Waals surface area contributed by atoms with E-state index in [0.717, 1.165) is 36.7 Å². The van der Waals surface area contributed by atoms with Gasteiger partial charge in [0.05, 0.1) is 18.3 Å². The predicted molar refractivity (Wildman–Crippen MR) is 134 cm³/mol. The van der Waals surface area contributed by atoms with Crippen LogP contribution < -0.4 is 20.1 Å². The lowest BCUT2D eigenvalue weighted by atomic mass is 9.89. The molecule has 2 N–H and O–H groups in total.